The Balaban J connectivity index is 1.43. The van der Waals surface area contributed by atoms with Gasteiger partial charge in [0.1, 0.15) is 0 Å². The minimum absolute atomic E-state index is 0.115. The molecular formula is C18H27N3O2. The summed E-state index contributed by atoms with van der Waals surface area (Å²) in [6.07, 6.45) is 4.63. The zero-order valence-electron chi connectivity index (χ0n) is 13.9. The number of anilines is 1. The summed E-state index contributed by atoms with van der Waals surface area (Å²) >= 11 is 0. The van der Waals surface area contributed by atoms with Crippen LogP contribution in [0.3, 0.4) is 0 Å². The minimum atomic E-state index is -0.115. The first kappa shape index (κ1) is 16.3. The van der Waals surface area contributed by atoms with Gasteiger partial charge in [-0.1, -0.05) is 12.1 Å². The largest absolute Gasteiger partial charge is 0.376 e. The summed E-state index contributed by atoms with van der Waals surface area (Å²) in [5.74, 6) is 0.775. The first-order valence-electron chi connectivity index (χ1n) is 8.62. The third kappa shape index (κ3) is 5.52. The van der Waals surface area contributed by atoms with E-state index in [9.17, 15) is 4.79 Å². The van der Waals surface area contributed by atoms with Crippen molar-refractivity contribution in [3.8, 4) is 0 Å². The number of urea groups is 1. The fourth-order valence-electron chi connectivity index (χ4n) is 2.87. The van der Waals surface area contributed by atoms with Gasteiger partial charge in [-0.25, -0.2) is 4.79 Å². The molecule has 2 aliphatic rings. The fraction of sp³-hybridized carbons (Fsp3) is 0.611. The summed E-state index contributed by atoms with van der Waals surface area (Å²) in [7, 11) is 2.12. The van der Waals surface area contributed by atoms with Gasteiger partial charge in [-0.15, -0.1) is 0 Å². The highest BCUT2D eigenvalue weighted by molar-refractivity contribution is 5.89. The van der Waals surface area contributed by atoms with Gasteiger partial charge in [0.15, 0.2) is 0 Å². The van der Waals surface area contributed by atoms with E-state index in [4.69, 9.17) is 4.74 Å². The monoisotopic (exact) mass is 317 g/mol. The van der Waals surface area contributed by atoms with E-state index in [1.165, 1.54) is 12.8 Å². The summed E-state index contributed by atoms with van der Waals surface area (Å²) in [6, 6.07) is 8.06. The van der Waals surface area contributed by atoms with Gasteiger partial charge < -0.3 is 20.3 Å². The highest BCUT2D eigenvalue weighted by atomic mass is 16.5. The van der Waals surface area contributed by atoms with Crippen molar-refractivity contribution in [2.75, 3.05) is 32.1 Å². The summed E-state index contributed by atoms with van der Waals surface area (Å²) < 4.78 is 5.70. The number of likely N-dealkylation sites (tertiary alicyclic amines) is 1. The van der Waals surface area contributed by atoms with Gasteiger partial charge in [0, 0.05) is 18.3 Å². The Labute approximate surface area is 138 Å². The van der Waals surface area contributed by atoms with E-state index in [0.717, 1.165) is 49.7 Å². The van der Waals surface area contributed by atoms with E-state index < -0.39 is 0 Å². The Morgan fingerprint density at radius 3 is 2.78 bits per heavy atom. The van der Waals surface area contributed by atoms with Gasteiger partial charge in [0.25, 0.3) is 0 Å². The highest BCUT2D eigenvalue weighted by Gasteiger charge is 2.21. The molecule has 1 aliphatic heterocycles. The van der Waals surface area contributed by atoms with Crippen LogP contribution >= 0.6 is 0 Å². The number of carbonyl (C=O) groups excluding carboxylic acids is 1. The fourth-order valence-corrected chi connectivity index (χ4v) is 2.87. The number of nitrogens with one attached hydrogen (secondary N) is 2. The maximum atomic E-state index is 12.1. The molecule has 2 N–H and O–H groups in total. The molecule has 5 nitrogen and oxygen atoms in total. The van der Waals surface area contributed by atoms with Crippen LogP contribution in [-0.4, -0.2) is 43.7 Å². The average Bonchev–Trinajstić information content (AvgIpc) is 3.34. The quantitative estimate of drug-likeness (QED) is 0.848. The van der Waals surface area contributed by atoms with Crippen molar-refractivity contribution in [1.82, 2.24) is 10.2 Å². The Bertz CT molecular complexity index is 523. The molecule has 3 rings (SSSR count). The molecule has 2 amide bonds. The Hall–Kier alpha value is -1.59. The second kappa shape index (κ2) is 7.79. The topological polar surface area (TPSA) is 53.6 Å². The molecule has 0 aromatic heterocycles. The molecule has 23 heavy (non-hydrogen) atoms. The number of rotatable bonds is 6. The van der Waals surface area contributed by atoms with E-state index >= 15 is 0 Å². The van der Waals surface area contributed by atoms with Crippen molar-refractivity contribution in [3.63, 3.8) is 0 Å². The number of hydrogen-bond donors (Lipinski definition) is 2. The van der Waals surface area contributed by atoms with Crippen LogP contribution in [0.5, 0.6) is 0 Å². The molecule has 1 aromatic carbocycles. The van der Waals surface area contributed by atoms with Crippen LogP contribution in [0.25, 0.3) is 0 Å². The van der Waals surface area contributed by atoms with E-state index in [2.05, 4.69) is 22.6 Å². The SMILES string of the molecule is CN1CCC(NC(=O)Nc2cccc(COCC3CC3)c2)CC1. The number of piperidine rings is 1. The lowest BCUT2D eigenvalue weighted by molar-refractivity contribution is 0.111. The smallest absolute Gasteiger partial charge is 0.319 e. The molecule has 5 heteroatoms. The second-order valence-corrected chi connectivity index (χ2v) is 6.83. The zero-order valence-corrected chi connectivity index (χ0v) is 13.9. The molecule has 0 spiro atoms. The van der Waals surface area contributed by atoms with Crippen molar-refractivity contribution in [1.29, 1.82) is 0 Å². The number of nitrogens with zero attached hydrogens (tertiary/aromatic N) is 1. The average molecular weight is 317 g/mol. The molecule has 126 valence electrons. The van der Waals surface area contributed by atoms with E-state index in [0.29, 0.717) is 6.61 Å². The minimum Gasteiger partial charge on any atom is -0.376 e. The first-order chi connectivity index (χ1) is 11.2. The molecule has 0 atom stereocenters. The van der Waals surface area contributed by atoms with E-state index in [-0.39, 0.29) is 12.1 Å². The Morgan fingerprint density at radius 2 is 2.04 bits per heavy atom. The van der Waals surface area contributed by atoms with Crippen LogP contribution in [-0.2, 0) is 11.3 Å². The van der Waals surface area contributed by atoms with Crippen LogP contribution in [0.15, 0.2) is 24.3 Å². The molecule has 2 fully saturated rings. The molecule has 1 heterocycles. The number of ether oxygens (including phenoxy) is 1. The maximum Gasteiger partial charge on any atom is 0.319 e. The maximum absolute atomic E-state index is 12.1. The Morgan fingerprint density at radius 1 is 1.26 bits per heavy atom. The standard InChI is InChI=1S/C18H27N3O2/c1-21-9-7-16(8-10-21)19-18(22)20-17-4-2-3-15(11-17)13-23-12-14-5-6-14/h2-4,11,14,16H,5-10,12-13H2,1H3,(H2,19,20,22). The molecule has 1 saturated carbocycles. The highest BCUT2D eigenvalue weighted by Crippen LogP contribution is 2.29. The molecule has 0 unspecified atom stereocenters. The van der Waals surface area contributed by atoms with Gasteiger partial charge in [-0.2, -0.15) is 0 Å². The van der Waals surface area contributed by atoms with Gasteiger partial charge in [-0.05, 0) is 69.4 Å². The van der Waals surface area contributed by atoms with E-state index in [1.54, 1.807) is 0 Å². The van der Waals surface area contributed by atoms with Crippen LogP contribution in [0, 0.1) is 5.92 Å². The number of amides is 2. The third-order valence-electron chi connectivity index (χ3n) is 4.56. The Kier molecular flexibility index (Phi) is 5.51. The van der Waals surface area contributed by atoms with Crippen molar-refractivity contribution >= 4 is 11.7 Å². The normalized spacial score (nSPS) is 19.5. The predicted molar refractivity (Wildman–Crippen MR) is 91.5 cm³/mol. The molecule has 1 aromatic rings. The molecule has 0 bridgehead atoms. The molecule has 0 radical (unpaired) electrons. The predicted octanol–water partition coefficient (Wildman–Crippen LogP) is 2.83. The number of hydrogen-bond acceptors (Lipinski definition) is 3. The van der Waals surface area contributed by atoms with Crippen molar-refractivity contribution in [2.24, 2.45) is 5.92 Å². The lowest BCUT2D eigenvalue weighted by Crippen LogP contribution is -2.44. The van der Waals surface area contributed by atoms with Gasteiger partial charge in [0.2, 0.25) is 0 Å². The van der Waals surface area contributed by atoms with Gasteiger partial charge >= 0.3 is 6.03 Å². The first-order valence-corrected chi connectivity index (χ1v) is 8.62. The van der Waals surface area contributed by atoms with Crippen LogP contribution in [0.1, 0.15) is 31.2 Å². The molecule has 1 aliphatic carbocycles. The van der Waals surface area contributed by atoms with Crippen molar-refractivity contribution < 1.29 is 9.53 Å². The molecular weight excluding hydrogens is 290 g/mol. The van der Waals surface area contributed by atoms with Crippen LogP contribution in [0.2, 0.25) is 0 Å². The zero-order chi connectivity index (χ0) is 16.1. The summed E-state index contributed by atoms with van der Waals surface area (Å²) in [6.45, 7) is 3.55. The van der Waals surface area contributed by atoms with Crippen molar-refractivity contribution in [2.45, 2.75) is 38.3 Å². The van der Waals surface area contributed by atoms with Gasteiger partial charge in [0.05, 0.1) is 6.61 Å². The van der Waals surface area contributed by atoms with Gasteiger partial charge in [-0.3, -0.25) is 0 Å². The van der Waals surface area contributed by atoms with Crippen molar-refractivity contribution in [3.05, 3.63) is 29.8 Å². The lowest BCUT2D eigenvalue weighted by Gasteiger charge is -2.29. The molecule has 1 saturated heterocycles. The number of carbonyl (C=O) groups is 1. The van der Waals surface area contributed by atoms with Crippen LogP contribution in [0.4, 0.5) is 10.5 Å². The summed E-state index contributed by atoms with van der Waals surface area (Å²) in [5, 5.41) is 6.00. The number of benzene rings is 1. The summed E-state index contributed by atoms with van der Waals surface area (Å²) in [5.41, 5.74) is 1.92. The third-order valence-corrected chi connectivity index (χ3v) is 4.56. The van der Waals surface area contributed by atoms with Crippen LogP contribution < -0.4 is 10.6 Å². The summed E-state index contributed by atoms with van der Waals surface area (Å²) in [4.78, 5) is 14.4. The van der Waals surface area contributed by atoms with E-state index in [1.807, 2.05) is 24.3 Å². The lowest BCUT2D eigenvalue weighted by atomic mass is 10.1. The second-order valence-electron chi connectivity index (χ2n) is 6.83.